The Bertz CT molecular complexity index is 1230. The van der Waals surface area contributed by atoms with Crippen LogP contribution in [0.4, 0.5) is 4.39 Å². The van der Waals surface area contributed by atoms with Gasteiger partial charge in [0.15, 0.2) is 5.82 Å². The first-order chi connectivity index (χ1) is 15.4. The minimum absolute atomic E-state index is 0.0210. The van der Waals surface area contributed by atoms with Crippen LogP contribution in [0.25, 0.3) is 11.8 Å². The predicted molar refractivity (Wildman–Crippen MR) is 115 cm³/mol. The number of benzene rings is 2. The van der Waals surface area contributed by atoms with Gasteiger partial charge in [0, 0.05) is 26.2 Å². The molecule has 0 atom stereocenters. The van der Waals surface area contributed by atoms with Crippen LogP contribution < -0.4 is 0 Å². The smallest absolute Gasteiger partial charge is 0.272 e. The second-order valence-corrected chi connectivity index (χ2v) is 9.17. The Kier molecular flexibility index (Phi) is 6.10. The highest BCUT2D eigenvalue weighted by molar-refractivity contribution is 7.89. The molecule has 0 unspecified atom stereocenters. The van der Waals surface area contributed by atoms with Gasteiger partial charge in [-0.15, -0.1) is 5.10 Å². The quantitative estimate of drug-likeness (QED) is 0.541. The second-order valence-electron chi connectivity index (χ2n) is 7.23. The lowest BCUT2D eigenvalue weighted by atomic mass is 10.1. The van der Waals surface area contributed by atoms with E-state index in [1.165, 1.54) is 21.1 Å². The molecule has 166 valence electrons. The normalized spacial score (nSPS) is 15.7. The van der Waals surface area contributed by atoms with Crippen LogP contribution >= 0.6 is 0 Å². The summed E-state index contributed by atoms with van der Waals surface area (Å²) >= 11 is 0. The molecule has 9 nitrogen and oxygen atoms in total. The number of hydrogen-bond acceptors (Lipinski definition) is 6. The third-order valence-corrected chi connectivity index (χ3v) is 7.07. The maximum atomic E-state index is 13.3. The second kappa shape index (κ2) is 8.97. The van der Waals surface area contributed by atoms with Crippen LogP contribution in [-0.4, -0.2) is 69.9 Å². The molecule has 0 bridgehead atoms. The van der Waals surface area contributed by atoms with Gasteiger partial charge in [0.25, 0.3) is 5.91 Å². The number of hydrogen-bond donors (Lipinski definition) is 0. The standard InChI is InChI=1S/C21H21FN6O3S/c1-16-23-24-25-28(16)20(15-17-5-3-2-4-6-17)21(29)26-11-13-27(14-12-26)32(30,31)19-9-7-18(22)8-10-19/h2-10,15H,11-14H2,1H3. The molecular formula is C21H21FN6O3S. The van der Waals surface area contributed by atoms with Crippen LogP contribution in [0.15, 0.2) is 59.5 Å². The van der Waals surface area contributed by atoms with E-state index in [9.17, 15) is 17.6 Å². The minimum Gasteiger partial charge on any atom is -0.335 e. The molecule has 0 spiro atoms. The van der Waals surface area contributed by atoms with Crippen LogP contribution in [0.1, 0.15) is 11.4 Å². The Labute approximate surface area is 184 Å². The van der Waals surface area contributed by atoms with E-state index in [2.05, 4.69) is 15.5 Å². The molecule has 0 saturated carbocycles. The van der Waals surface area contributed by atoms with Crippen molar-refractivity contribution in [1.29, 1.82) is 0 Å². The molecule has 0 radical (unpaired) electrons. The molecule has 1 aromatic heterocycles. The number of aryl methyl sites for hydroxylation is 1. The molecule has 32 heavy (non-hydrogen) atoms. The summed E-state index contributed by atoms with van der Waals surface area (Å²) in [5.41, 5.74) is 1.08. The van der Waals surface area contributed by atoms with Gasteiger partial charge in [-0.05, 0) is 53.3 Å². The number of rotatable bonds is 5. The summed E-state index contributed by atoms with van der Waals surface area (Å²) in [6.07, 6.45) is 1.70. The van der Waals surface area contributed by atoms with E-state index in [4.69, 9.17) is 0 Å². The monoisotopic (exact) mass is 456 g/mol. The third-order valence-electron chi connectivity index (χ3n) is 5.15. The van der Waals surface area contributed by atoms with Gasteiger partial charge >= 0.3 is 0 Å². The number of sulfonamides is 1. The number of carbonyl (C=O) groups excluding carboxylic acids is 1. The van der Waals surface area contributed by atoms with Crippen molar-refractivity contribution in [2.75, 3.05) is 26.2 Å². The van der Waals surface area contributed by atoms with Crippen molar-refractivity contribution in [1.82, 2.24) is 29.4 Å². The molecule has 1 aliphatic heterocycles. The number of carbonyl (C=O) groups is 1. The summed E-state index contributed by atoms with van der Waals surface area (Å²) in [5, 5.41) is 11.4. The van der Waals surface area contributed by atoms with Crippen molar-refractivity contribution in [3.05, 3.63) is 71.8 Å². The molecule has 2 heterocycles. The Morgan fingerprint density at radius 2 is 1.66 bits per heavy atom. The Morgan fingerprint density at radius 3 is 2.25 bits per heavy atom. The topological polar surface area (TPSA) is 101 Å². The molecule has 1 aliphatic rings. The summed E-state index contributed by atoms with van der Waals surface area (Å²) in [6.45, 7) is 2.34. The third kappa shape index (κ3) is 4.43. The van der Waals surface area contributed by atoms with Crippen LogP contribution in [-0.2, 0) is 14.8 Å². The lowest BCUT2D eigenvalue weighted by Crippen LogP contribution is -2.51. The summed E-state index contributed by atoms with van der Waals surface area (Å²) in [7, 11) is -3.77. The van der Waals surface area contributed by atoms with Crippen LogP contribution in [0, 0.1) is 12.7 Å². The summed E-state index contributed by atoms with van der Waals surface area (Å²) in [5.74, 6) is -0.351. The molecule has 1 fully saturated rings. The highest BCUT2D eigenvalue weighted by atomic mass is 32.2. The Hall–Kier alpha value is -3.44. The summed E-state index contributed by atoms with van der Waals surface area (Å²) in [4.78, 5) is 14.9. The van der Waals surface area contributed by atoms with Crippen LogP contribution in [0.5, 0.6) is 0 Å². The van der Waals surface area contributed by atoms with E-state index < -0.39 is 15.8 Å². The highest BCUT2D eigenvalue weighted by Gasteiger charge is 2.32. The number of nitrogens with zero attached hydrogens (tertiary/aromatic N) is 6. The first-order valence-electron chi connectivity index (χ1n) is 9.93. The fraction of sp³-hybridized carbons (Fsp3) is 0.238. The SMILES string of the molecule is Cc1nnnn1C(=Cc1ccccc1)C(=O)N1CCN(S(=O)(=O)c2ccc(F)cc2)CC1. The fourth-order valence-corrected chi connectivity index (χ4v) is 4.85. The van der Waals surface area contributed by atoms with E-state index in [0.717, 1.165) is 17.7 Å². The van der Waals surface area contributed by atoms with E-state index in [1.54, 1.807) is 17.9 Å². The van der Waals surface area contributed by atoms with Crippen molar-refractivity contribution in [2.45, 2.75) is 11.8 Å². The molecule has 1 amide bonds. The van der Waals surface area contributed by atoms with Crippen molar-refractivity contribution < 1.29 is 17.6 Å². The van der Waals surface area contributed by atoms with Gasteiger partial charge in [-0.2, -0.15) is 8.99 Å². The zero-order chi connectivity index (χ0) is 22.7. The number of halogens is 1. The van der Waals surface area contributed by atoms with Crippen LogP contribution in [0.2, 0.25) is 0 Å². The molecule has 2 aromatic carbocycles. The molecule has 3 aromatic rings. The average Bonchev–Trinajstić information content (AvgIpc) is 3.23. The molecule has 0 aliphatic carbocycles. The van der Waals surface area contributed by atoms with E-state index in [1.807, 2.05) is 30.3 Å². The first-order valence-corrected chi connectivity index (χ1v) is 11.4. The molecule has 1 saturated heterocycles. The zero-order valence-electron chi connectivity index (χ0n) is 17.3. The Morgan fingerprint density at radius 1 is 1.00 bits per heavy atom. The van der Waals surface area contributed by atoms with E-state index in [-0.39, 0.29) is 42.7 Å². The fourth-order valence-electron chi connectivity index (χ4n) is 3.42. The summed E-state index contributed by atoms with van der Waals surface area (Å²) < 4.78 is 41.5. The summed E-state index contributed by atoms with van der Waals surface area (Å²) in [6, 6.07) is 14.0. The Balaban J connectivity index is 1.54. The highest BCUT2D eigenvalue weighted by Crippen LogP contribution is 2.20. The van der Waals surface area contributed by atoms with Crippen LogP contribution in [0.3, 0.4) is 0 Å². The van der Waals surface area contributed by atoms with Crippen molar-refractivity contribution >= 4 is 27.7 Å². The zero-order valence-corrected chi connectivity index (χ0v) is 18.1. The van der Waals surface area contributed by atoms with Gasteiger partial charge in [0.2, 0.25) is 10.0 Å². The van der Waals surface area contributed by atoms with Crippen molar-refractivity contribution in [3.63, 3.8) is 0 Å². The van der Waals surface area contributed by atoms with Crippen molar-refractivity contribution in [3.8, 4) is 0 Å². The number of piperazine rings is 1. The van der Waals surface area contributed by atoms with E-state index >= 15 is 0 Å². The molecule has 0 N–H and O–H groups in total. The van der Waals surface area contributed by atoms with Gasteiger partial charge in [0.05, 0.1) is 4.90 Å². The predicted octanol–water partition coefficient (Wildman–Crippen LogP) is 1.65. The van der Waals surface area contributed by atoms with Gasteiger partial charge < -0.3 is 4.90 Å². The lowest BCUT2D eigenvalue weighted by Gasteiger charge is -2.34. The van der Waals surface area contributed by atoms with Gasteiger partial charge in [0.1, 0.15) is 11.5 Å². The minimum atomic E-state index is -3.77. The van der Waals surface area contributed by atoms with Gasteiger partial charge in [-0.3, -0.25) is 4.79 Å². The van der Waals surface area contributed by atoms with Crippen molar-refractivity contribution in [2.24, 2.45) is 0 Å². The average molecular weight is 457 g/mol. The first kappa shape index (κ1) is 21.8. The van der Waals surface area contributed by atoms with E-state index in [0.29, 0.717) is 5.82 Å². The van der Waals surface area contributed by atoms with Gasteiger partial charge in [-0.25, -0.2) is 12.8 Å². The number of tetrazole rings is 1. The molecule has 4 rings (SSSR count). The maximum absolute atomic E-state index is 13.3. The number of amides is 1. The lowest BCUT2D eigenvalue weighted by molar-refractivity contribution is -0.126. The van der Waals surface area contributed by atoms with Gasteiger partial charge in [-0.1, -0.05) is 30.3 Å². The number of aromatic nitrogens is 4. The molecule has 11 heteroatoms. The molecular weight excluding hydrogens is 435 g/mol. The maximum Gasteiger partial charge on any atom is 0.272 e. The largest absolute Gasteiger partial charge is 0.335 e.